The lowest BCUT2D eigenvalue weighted by atomic mass is 9.98. The zero-order valence-electron chi connectivity index (χ0n) is 9.01. The molecule has 1 aromatic heterocycles. The summed E-state index contributed by atoms with van der Waals surface area (Å²) in [6.07, 6.45) is 2.30. The first-order valence-electron chi connectivity index (χ1n) is 5.73. The Morgan fingerprint density at radius 1 is 1.33 bits per heavy atom. The van der Waals surface area contributed by atoms with E-state index >= 15 is 0 Å². The molecule has 0 fully saturated rings. The van der Waals surface area contributed by atoms with E-state index in [1.54, 1.807) is 0 Å². The van der Waals surface area contributed by atoms with E-state index in [2.05, 4.69) is 41.5 Å². The van der Waals surface area contributed by atoms with Crippen LogP contribution in [0.15, 0.2) is 24.3 Å². The molecule has 1 atom stereocenters. The molecule has 1 aliphatic heterocycles. The second-order valence-corrected chi connectivity index (χ2v) is 4.23. The van der Waals surface area contributed by atoms with Crippen LogP contribution in [0.3, 0.4) is 0 Å². The Hall–Kier alpha value is -1.28. The molecule has 78 valence electrons. The van der Waals surface area contributed by atoms with Gasteiger partial charge < -0.3 is 10.3 Å². The molecular weight excluding hydrogens is 184 g/mol. The lowest BCUT2D eigenvalue weighted by Gasteiger charge is -2.22. The fraction of sp³-hybridized carbons (Fsp3) is 0.385. The summed E-state index contributed by atoms with van der Waals surface area (Å²) in [4.78, 5) is 3.55. The van der Waals surface area contributed by atoms with Crippen molar-refractivity contribution in [3.8, 4) is 0 Å². The quantitative estimate of drug-likeness (QED) is 0.728. The molecule has 2 nitrogen and oxygen atoms in total. The van der Waals surface area contributed by atoms with Gasteiger partial charge in [0.2, 0.25) is 0 Å². The Bertz CT molecular complexity index is 484. The Morgan fingerprint density at radius 2 is 2.20 bits per heavy atom. The lowest BCUT2D eigenvalue weighted by Crippen LogP contribution is -2.29. The summed E-state index contributed by atoms with van der Waals surface area (Å²) in [5.74, 6) is 0. The van der Waals surface area contributed by atoms with Crippen LogP contribution in [-0.2, 0) is 6.42 Å². The Balaban J connectivity index is 2.24. The summed E-state index contributed by atoms with van der Waals surface area (Å²) in [7, 11) is 0. The van der Waals surface area contributed by atoms with Crippen molar-refractivity contribution in [2.75, 3.05) is 6.54 Å². The number of rotatable bonds is 1. The number of para-hydroxylation sites is 1. The van der Waals surface area contributed by atoms with E-state index in [4.69, 9.17) is 0 Å². The summed E-state index contributed by atoms with van der Waals surface area (Å²) >= 11 is 0. The maximum Gasteiger partial charge on any atom is 0.0473 e. The number of fused-ring (bicyclic) bond motifs is 3. The van der Waals surface area contributed by atoms with Crippen molar-refractivity contribution >= 4 is 10.9 Å². The molecule has 1 aromatic carbocycles. The van der Waals surface area contributed by atoms with Crippen molar-refractivity contribution in [3.63, 3.8) is 0 Å². The van der Waals surface area contributed by atoms with E-state index in [1.165, 1.54) is 22.2 Å². The summed E-state index contributed by atoms with van der Waals surface area (Å²) < 4.78 is 0. The summed E-state index contributed by atoms with van der Waals surface area (Å²) in [5.41, 5.74) is 4.21. The first-order chi connectivity index (χ1) is 7.40. The topological polar surface area (TPSA) is 27.8 Å². The minimum Gasteiger partial charge on any atom is -0.357 e. The highest BCUT2D eigenvalue weighted by Crippen LogP contribution is 2.30. The third-order valence-corrected chi connectivity index (χ3v) is 3.37. The number of hydrogen-bond donors (Lipinski definition) is 2. The van der Waals surface area contributed by atoms with Crippen LogP contribution < -0.4 is 5.32 Å². The van der Waals surface area contributed by atoms with E-state index in [0.717, 1.165) is 19.4 Å². The zero-order chi connectivity index (χ0) is 10.3. The second-order valence-electron chi connectivity index (χ2n) is 4.23. The average molecular weight is 200 g/mol. The Kier molecular flexibility index (Phi) is 2.03. The SMILES string of the molecule is CC[C@@H]1NCCc2c1[nH]c1ccccc21. The highest BCUT2D eigenvalue weighted by molar-refractivity contribution is 5.85. The molecule has 0 aliphatic carbocycles. The molecular formula is C13H16N2. The van der Waals surface area contributed by atoms with Crippen LogP contribution >= 0.6 is 0 Å². The molecule has 0 bridgehead atoms. The number of hydrogen-bond acceptors (Lipinski definition) is 1. The van der Waals surface area contributed by atoms with Crippen LogP contribution in [0.2, 0.25) is 0 Å². The van der Waals surface area contributed by atoms with E-state index in [9.17, 15) is 0 Å². The van der Waals surface area contributed by atoms with Crippen molar-refractivity contribution in [2.24, 2.45) is 0 Å². The van der Waals surface area contributed by atoms with Gasteiger partial charge in [0.25, 0.3) is 0 Å². The van der Waals surface area contributed by atoms with Crippen LogP contribution in [0, 0.1) is 0 Å². The minimum absolute atomic E-state index is 0.515. The van der Waals surface area contributed by atoms with Crippen molar-refractivity contribution < 1.29 is 0 Å². The molecule has 15 heavy (non-hydrogen) atoms. The maximum atomic E-state index is 3.55. The number of nitrogens with one attached hydrogen (secondary N) is 2. The summed E-state index contributed by atoms with van der Waals surface area (Å²) in [6, 6.07) is 9.13. The smallest absolute Gasteiger partial charge is 0.0473 e. The molecule has 0 saturated heterocycles. The van der Waals surface area contributed by atoms with Gasteiger partial charge in [0.05, 0.1) is 0 Å². The highest BCUT2D eigenvalue weighted by Gasteiger charge is 2.21. The normalized spacial score (nSPS) is 20.5. The fourth-order valence-electron chi connectivity index (χ4n) is 2.61. The third kappa shape index (κ3) is 1.29. The maximum absolute atomic E-state index is 3.55. The van der Waals surface area contributed by atoms with Gasteiger partial charge in [0, 0.05) is 22.6 Å². The fourth-order valence-corrected chi connectivity index (χ4v) is 2.61. The van der Waals surface area contributed by atoms with Gasteiger partial charge in [-0.2, -0.15) is 0 Å². The van der Waals surface area contributed by atoms with Crippen LogP contribution in [0.4, 0.5) is 0 Å². The van der Waals surface area contributed by atoms with Crippen molar-refractivity contribution in [1.29, 1.82) is 0 Å². The number of aromatic nitrogens is 1. The molecule has 0 unspecified atom stereocenters. The Labute approximate surface area is 89.7 Å². The molecule has 0 radical (unpaired) electrons. The second kappa shape index (κ2) is 3.38. The van der Waals surface area contributed by atoms with Crippen LogP contribution in [-0.4, -0.2) is 11.5 Å². The molecule has 3 rings (SSSR count). The number of benzene rings is 1. The predicted molar refractivity (Wildman–Crippen MR) is 63.0 cm³/mol. The van der Waals surface area contributed by atoms with E-state index in [-0.39, 0.29) is 0 Å². The summed E-state index contributed by atoms with van der Waals surface area (Å²) in [6.45, 7) is 3.34. The van der Waals surface area contributed by atoms with E-state index < -0.39 is 0 Å². The van der Waals surface area contributed by atoms with Gasteiger partial charge in [0.1, 0.15) is 0 Å². The van der Waals surface area contributed by atoms with Crippen molar-refractivity contribution in [1.82, 2.24) is 10.3 Å². The van der Waals surface area contributed by atoms with Crippen LogP contribution in [0.5, 0.6) is 0 Å². The van der Waals surface area contributed by atoms with E-state index in [0.29, 0.717) is 6.04 Å². The monoisotopic (exact) mass is 200 g/mol. The van der Waals surface area contributed by atoms with Crippen molar-refractivity contribution in [2.45, 2.75) is 25.8 Å². The van der Waals surface area contributed by atoms with E-state index in [1.807, 2.05) is 0 Å². The lowest BCUT2D eigenvalue weighted by molar-refractivity contribution is 0.485. The zero-order valence-corrected chi connectivity index (χ0v) is 9.01. The van der Waals surface area contributed by atoms with Crippen molar-refractivity contribution in [3.05, 3.63) is 35.5 Å². The van der Waals surface area contributed by atoms with Gasteiger partial charge in [-0.1, -0.05) is 25.1 Å². The number of aromatic amines is 1. The molecule has 1 aliphatic rings. The van der Waals surface area contributed by atoms with Crippen LogP contribution in [0.1, 0.15) is 30.6 Å². The predicted octanol–water partition coefficient (Wildman–Crippen LogP) is 2.76. The largest absolute Gasteiger partial charge is 0.357 e. The highest BCUT2D eigenvalue weighted by atomic mass is 15.0. The third-order valence-electron chi connectivity index (χ3n) is 3.37. The standard InChI is InChI=1S/C13H16N2/c1-2-11-13-10(7-8-14-11)9-5-3-4-6-12(9)15-13/h3-6,11,14-15H,2,7-8H2,1H3/t11-/m0/s1. The number of H-pyrrole nitrogens is 1. The molecule has 2 N–H and O–H groups in total. The van der Waals surface area contributed by atoms with Gasteiger partial charge in [-0.25, -0.2) is 0 Å². The molecule has 0 spiro atoms. The summed E-state index contributed by atoms with van der Waals surface area (Å²) in [5, 5.41) is 4.96. The van der Waals surface area contributed by atoms with Gasteiger partial charge in [-0.15, -0.1) is 0 Å². The minimum atomic E-state index is 0.515. The van der Waals surface area contributed by atoms with Gasteiger partial charge in [-0.3, -0.25) is 0 Å². The molecule has 0 saturated carbocycles. The first-order valence-corrected chi connectivity index (χ1v) is 5.73. The Morgan fingerprint density at radius 3 is 3.07 bits per heavy atom. The molecule has 0 amide bonds. The molecule has 2 heteroatoms. The molecule has 2 heterocycles. The first kappa shape index (κ1) is 8.98. The average Bonchev–Trinajstić information content (AvgIpc) is 2.67. The van der Waals surface area contributed by atoms with Gasteiger partial charge in [0.15, 0.2) is 0 Å². The molecule has 2 aromatic rings. The van der Waals surface area contributed by atoms with Gasteiger partial charge in [-0.05, 0) is 31.0 Å². The van der Waals surface area contributed by atoms with Gasteiger partial charge >= 0.3 is 0 Å². The van der Waals surface area contributed by atoms with Crippen LogP contribution in [0.25, 0.3) is 10.9 Å².